The molecule has 0 aliphatic carbocycles. The Labute approximate surface area is 124 Å². The predicted molar refractivity (Wildman–Crippen MR) is 79.1 cm³/mol. The molecule has 6 heteroatoms. The number of rotatable bonds is 8. The molecule has 21 heavy (non-hydrogen) atoms. The number of benzene rings is 1. The van der Waals surface area contributed by atoms with Gasteiger partial charge in [-0.2, -0.15) is 0 Å². The Kier molecular flexibility index (Phi) is 5.45. The molecule has 2 N–H and O–H groups in total. The molecule has 1 heterocycles. The second-order valence-electron chi connectivity index (χ2n) is 4.90. The number of carbonyl (C=O) groups excluding carboxylic acids is 1. The first kappa shape index (κ1) is 15.2. The highest BCUT2D eigenvalue weighted by Crippen LogP contribution is 2.17. The van der Waals surface area contributed by atoms with Crippen molar-refractivity contribution in [3.05, 3.63) is 36.2 Å². The van der Waals surface area contributed by atoms with Crippen LogP contribution in [-0.4, -0.2) is 34.1 Å². The smallest absolute Gasteiger partial charge is 0.247 e. The van der Waals surface area contributed by atoms with Crippen molar-refractivity contribution in [2.75, 3.05) is 13.1 Å². The number of unbranched alkanes of at least 4 members (excludes halogenated alkanes) is 1. The highest BCUT2D eigenvalue weighted by Gasteiger charge is 2.14. The van der Waals surface area contributed by atoms with E-state index in [1.165, 1.54) is 0 Å². The van der Waals surface area contributed by atoms with Gasteiger partial charge in [0.15, 0.2) is 0 Å². The van der Waals surface area contributed by atoms with Crippen molar-refractivity contribution in [1.29, 1.82) is 0 Å². The minimum atomic E-state index is -0.353. The zero-order valence-corrected chi connectivity index (χ0v) is 12.2. The van der Waals surface area contributed by atoms with Gasteiger partial charge in [-0.3, -0.25) is 9.69 Å². The van der Waals surface area contributed by atoms with Crippen molar-refractivity contribution in [2.45, 2.75) is 26.3 Å². The quantitative estimate of drug-likeness (QED) is 0.801. The molecule has 2 aromatic rings. The third kappa shape index (κ3) is 4.68. The molecule has 0 unspecified atom stereocenters. The van der Waals surface area contributed by atoms with Crippen molar-refractivity contribution in [2.24, 2.45) is 5.73 Å². The molecule has 1 aromatic heterocycles. The van der Waals surface area contributed by atoms with Crippen LogP contribution in [0.25, 0.3) is 11.5 Å². The summed E-state index contributed by atoms with van der Waals surface area (Å²) >= 11 is 0. The Morgan fingerprint density at radius 3 is 2.71 bits per heavy atom. The van der Waals surface area contributed by atoms with Crippen LogP contribution in [0.3, 0.4) is 0 Å². The number of hydrogen-bond donors (Lipinski definition) is 1. The lowest BCUT2D eigenvalue weighted by Crippen LogP contribution is -2.34. The van der Waals surface area contributed by atoms with Crippen LogP contribution in [-0.2, 0) is 11.3 Å². The summed E-state index contributed by atoms with van der Waals surface area (Å²) in [5.74, 6) is 0.625. The molecule has 0 bridgehead atoms. The summed E-state index contributed by atoms with van der Waals surface area (Å²) in [4.78, 5) is 13.0. The number of carbonyl (C=O) groups is 1. The van der Waals surface area contributed by atoms with E-state index in [2.05, 4.69) is 17.1 Å². The first-order valence-corrected chi connectivity index (χ1v) is 7.07. The first-order valence-electron chi connectivity index (χ1n) is 7.07. The van der Waals surface area contributed by atoms with Crippen LogP contribution in [0.2, 0.25) is 0 Å². The maximum Gasteiger partial charge on any atom is 0.247 e. The zero-order chi connectivity index (χ0) is 15.1. The monoisotopic (exact) mass is 288 g/mol. The highest BCUT2D eigenvalue weighted by atomic mass is 16.4. The van der Waals surface area contributed by atoms with Crippen LogP contribution in [0.5, 0.6) is 0 Å². The van der Waals surface area contributed by atoms with Gasteiger partial charge < -0.3 is 10.2 Å². The third-order valence-electron chi connectivity index (χ3n) is 3.05. The lowest BCUT2D eigenvalue weighted by molar-refractivity contribution is -0.119. The van der Waals surface area contributed by atoms with E-state index in [0.717, 1.165) is 24.9 Å². The van der Waals surface area contributed by atoms with Crippen LogP contribution < -0.4 is 5.73 Å². The molecule has 0 radical (unpaired) electrons. The molecule has 2 rings (SSSR count). The van der Waals surface area contributed by atoms with Gasteiger partial charge in [0.1, 0.15) is 0 Å². The molecule has 1 amide bonds. The molecule has 0 saturated heterocycles. The van der Waals surface area contributed by atoms with Gasteiger partial charge in [0.2, 0.25) is 17.7 Å². The molecule has 0 spiro atoms. The van der Waals surface area contributed by atoms with Crippen LogP contribution in [0.4, 0.5) is 0 Å². The molecule has 6 nitrogen and oxygen atoms in total. The van der Waals surface area contributed by atoms with E-state index in [0.29, 0.717) is 18.3 Å². The normalized spacial score (nSPS) is 11.0. The molecule has 0 atom stereocenters. The van der Waals surface area contributed by atoms with Gasteiger partial charge in [0.05, 0.1) is 13.1 Å². The van der Waals surface area contributed by atoms with Gasteiger partial charge in [-0.25, -0.2) is 0 Å². The number of hydrogen-bond acceptors (Lipinski definition) is 5. The molecule has 1 aromatic carbocycles. The van der Waals surface area contributed by atoms with Crippen LogP contribution in [0, 0.1) is 0 Å². The average Bonchev–Trinajstić information content (AvgIpc) is 2.93. The second kappa shape index (κ2) is 7.54. The second-order valence-corrected chi connectivity index (χ2v) is 4.90. The van der Waals surface area contributed by atoms with E-state index in [4.69, 9.17) is 10.2 Å². The lowest BCUT2D eigenvalue weighted by atomic mass is 10.2. The standard InChI is InChI=1S/C15H20N4O2/c1-2-3-9-19(10-13(16)20)11-14-17-18-15(21-14)12-7-5-4-6-8-12/h4-8H,2-3,9-11H2,1H3,(H2,16,20). The summed E-state index contributed by atoms with van der Waals surface area (Å²) in [6.45, 7) is 3.51. The summed E-state index contributed by atoms with van der Waals surface area (Å²) in [5, 5.41) is 8.08. The minimum absolute atomic E-state index is 0.197. The minimum Gasteiger partial charge on any atom is -0.419 e. The van der Waals surface area contributed by atoms with Gasteiger partial charge >= 0.3 is 0 Å². The van der Waals surface area contributed by atoms with Crippen molar-refractivity contribution in [1.82, 2.24) is 15.1 Å². The number of nitrogens with zero attached hydrogens (tertiary/aromatic N) is 3. The van der Waals surface area contributed by atoms with Crippen LogP contribution in [0.15, 0.2) is 34.7 Å². The van der Waals surface area contributed by atoms with Gasteiger partial charge in [-0.1, -0.05) is 31.5 Å². The van der Waals surface area contributed by atoms with E-state index in [9.17, 15) is 4.79 Å². The highest BCUT2D eigenvalue weighted by molar-refractivity contribution is 5.75. The van der Waals surface area contributed by atoms with E-state index in [1.807, 2.05) is 35.2 Å². The number of primary amides is 1. The van der Waals surface area contributed by atoms with Gasteiger partial charge in [0.25, 0.3) is 0 Å². The molecule has 0 saturated carbocycles. The number of aromatic nitrogens is 2. The molecule has 112 valence electrons. The fourth-order valence-corrected chi connectivity index (χ4v) is 2.02. The van der Waals surface area contributed by atoms with E-state index in [1.54, 1.807) is 0 Å². The van der Waals surface area contributed by atoms with E-state index in [-0.39, 0.29) is 12.5 Å². The predicted octanol–water partition coefficient (Wildman–Crippen LogP) is 1.82. The Morgan fingerprint density at radius 2 is 2.05 bits per heavy atom. The van der Waals surface area contributed by atoms with Crippen LogP contribution >= 0.6 is 0 Å². The van der Waals surface area contributed by atoms with Crippen LogP contribution in [0.1, 0.15) is 25.7 Å². The summed E-state index contributed by atoms with van der Waals surface area (Å²) in [5.41, 5.74) is 6.15. The Balaban J connectivity index is 2.03. The zero-order valence-electron chi connectivity index (χ0n) is 12.2. The topological polar surface area (TPSA) is 85.2 Å². The number of nitrogens with two attached hydrogens (primary N) is 1. The van der Waals surface area contributed by atoms with Gasteiger partial charge in [-0.05, 0) is 25.1 Å². The summed E-state index contributed by atoms with van der Waals surface area (Å²) < 4.78 is 5.65. The Bertz CT molecular complexity index is 568. The third-order valence-corrected chi connectivity index (χ3v) is 3.05. The Hall–Kier alpha value is -2.21. The average molecular weight is 288 g/mol. The summed E-state index contributed by atoms with van der Waals surface area (Å²) in [6, 6.07) is 9.59. The summed E-state index contributed by atoms with van der Waals surface area (Å²) in [7, 11) is 0. The summed E-state index contributed by atoms with van der Waals surface area (Å²) in [6.07, 6.45) is 2.04. The molecule has 0 aliphatic heterocycles. The van der Waals surface area contributed by atoms with Gasteiger partial charge in [0, 0.05) is 5.56 Å². The molecular weight excluding hydrogens is 268 g/mol. The largest absolute Gasteiger partial charge is 0.419 e. The Morgan fingerprint density at radius 1 is 1.29 bits per heavy atom. The van der Waals surface area contributed by atoms with Crippen molar-refractivity contribution >= 4 is 5.91 Å². The van der Waals surface area contributed by atoms with Crippen molar-refractivity contribution in [3.8, 4) is 11.5 Å². The fraction of sp³-hybridized carbons (Fsp3) is 0.400. The first-order chi connectivity index (χ1) is 10.2. The van der Waals surface area contributed by atoms with Gasteiger partial charge in [-0.15, -0.1) is 10.2 Å². The fourth-order valence-electron chi connectivity index (χ4n) is 2.02. The SMILES string of the molecule is CCCCN(CC(N)=O)Cc1nnc(-c2ccccc2)o1. The molecule has 0 aliphatic rings. The maximum atomic E-state index is 11.1. The van der Waals surface area contributed by atoms with Crippen molar-refractivity contribution < 1.29 is 9.21 Å². The molecule has 0 fully saturated rings. The molecular formula is C15H20N4O2. The lowest BCUT2D eigenvalue weighted by Gasteiger charge is -2.17. The maximum absolute atomic E-state index is 11.1. The van der Waals surface area contributed by atoms with E-state index < -0.39 is 0 Å². The van der Waals surface area contributed by atoms with E-state index >= 15 is 0 Å². The number of amides is 1. The van der Waals surface area contributed by atoms with Crippen molar-refractivity contribution in [3.63, 3.8) is 0 Å².